The fourth-order valence-electron chi connectivity index (χ4n) is 3.37. The van der Waals surface area contributed by atoms with Crippen LogP contribution in [0.1, 0.15) is 17.7 Å². The molecule has 0 aliphatic carbocycles. The van der Waals surface area contributed by atoms with E-state index in [2.05, 4.69) is 20.4 Å². The lowest BCUT2D eigenvalue weighted by Crippen LogP contribution is -2.38. The number of ether oxygens (including phenoxy) is 1. The molecule has 0 unspecified atom stereocenters. The van der Waals surface area contributed by atoms with Gasteiger partial charge in [0.15, 0.2) is 5.82 Å². The Balaban J connectivity index is 1.37. The molecule has 4 rings (SSSR count). The van der Waals surface area contributed by atoms with Crippen LogP contribution >= 0.6 is 0 Å². The second kappa shape index (κ2) is 8.91. The van der Waals surface area contributed by atoms with Crippen molar-refractivity contribution in [2.75, 3.05) is 36.5 Å². The van der Waals surface area contributed by atoms with E-state index in [1.165, 1.54) is 0 Å². The summed E-state index contributed by atoms with van der Waals surface area (Å²) in [6.07, 6.45) is 2.26. The quantitative estimate of drug-likeness (QED) is 0.643. The maximum absolute atomic E-state index is 12.5. The van der Waals surface area contributed by atoms with Crippen molar-refractivity contribution in [2.24, 2.45) is 0 Å². The number of anilines is 2. The number of aromatic nitrogens is 4. The number of carbonyl (C=O) groups excluding carboxylic acids is 1. The number of H-pyrrole nitrogens is 1. The van der Waals surface area contributed by atoms with Gasteiger partial charge in [0.25, 0.3) is 5.56 Å². The zero-order chi connectivity index (χ0) is 20.9. The summed E-state index contributed by atoms with van der Waals surface area (Å²) in [6, 6.07) is 11.4. The van der Waals surface area contributed by atoms with Crippen LogP contribution in [0.4, 0.5) is 11.8 Å². The normalized spacial score (nSPS) is 14.0. The molecule has 156 valence electrons. The molecule has 0 spiro atoms. The van der Waals surface area contributed by atoms with Crippen molar-refractivity contribution in [2.45, 2.75) is 19.8 Å². The molecule has 9 heteroatoms. The number of amides is 1. The van der Waals surface area contributed by atoms with Crippen molar-refractivity contribution < 1.29 is 9.53 Å². The third-order valence-corrected chi connectivity index (χ3v) is 5.00. The van der Waals surface area contributed by atoms with Gasteiger partial charge in [-0.15, -0.1) is 0 Å². The summed E-state index contributed by atoms with van der Waals surface area (Å²) in [5, 5.41) is 7.14. The van der Waals surface area contributed by atoms with Crippen molar-refractivity contribution in [1.82, 2.24) is 19.7 Å². The molecule has 1 aliphatic rings. The third kappa shape index (κ3) is 4.57. The van der Waals surface area contributed by atoms with E-state index >= 15 is 0 Å². The summed E-state index contributed by atoms with van der Waals surface area (Å²) in [7, 11) is 0. The van der Waals surface area contributed by atoms with Gasteiger partial charge in [-0.25, -0.2) is 9.67 Å². The Hall–Kier alpha value is -3.46. The highest BCUT2D eigenvalue weighted by atomic mass is 16.5. The minimum Gasteiger partial charge on any atom is -0.378 e. The van der Waals surface area contributed by atoms with Gasteiger partial charge in [0.05, 0.1) is 18.9 Å². The molecule has 0 bridgehead atoms. The van der Waals surface area contributed by atoms with E-state index in [9.17, 15) is 9.59 Å². The maximum Gasteiger partial charge on any atom is 0.255 e. The van der Waals surface area contributed by atoms with Crippen LogP contribution in [0.5, 0.6) is 0 Å². The largest absolute Gasteiger partial charge is 0.378 e. The Morgan fingerprint density at radius 2 is 1.97 bits per heavy atom. The van der Waals surface area contributed by atoms with Crippen molar-refractivity contribution in [3.8, 4) is 5.69 Å². The van der Waals surface area contributed by atoms with E-state index in [1.807, 2.05) is 35.2 Å². The molecular weight excluding hydrogens is 384 g/mol. The van der Waals surface area contributed by atoms with Crippen LogP contribution in [0.15, 0.2) is 47.4 Å². The average Bonchev–Trinajstić information content (AvgIpc) is 3.22. The third-order valence-electron chi connectivity index (χ3n) is 5.00. The predicted molar refractivity (Wildman–Crippen MR) is 113 cm³/mol. The van der Waals surface area contributed by atoms with Gasteiger partial charge in [-0.3, -0.25) is 14.6 Å². The Morgan fingerprint density at radius 1 is 1.20 bits per heavy atom. The highest BCUT2D eigenvalue weighted by Crippen LogP contribution is 2.13. The van der Waals surface area contributed by atoms with Gasteiger partial charge in [0.2, 0.25) is 11.9 Å². The zero-order valence-electron chi connectivity index (χ0n) is 16.8. The average molecular weight is 408 g/mol. The van der Waals surface area contributed by atoms with E-state index in [-0.39, 0.29) is 17.9 Å². The number of nitrogens with one attached hydrogen (secondary N) is 2. The molecule has 9 nitrogen and oxygen atoms in total. The zero-order valence-corrected chi connectivity index (χ0v) is 16.8. The number of para-hydroxylation sites is 1. The van der Waals surface area contributed by atoms with Gasteiger partial charge < -0.3 is 15.0 Å². The van der Waals surface area contributed by atoms with E-state index < -0.39 is 0 Å². The first-order chi connectivity index (χ1) is 14.6. The molecule has 0 atom stereocenters. The number of morpholine rings is 1. The minimum absolute atomic E-state index is 0.167. The number of nitrogens with zero attached hydrogens (tertiary/aromatic N) is 4. The highest BCUT2D eigenvalue weighted by molar-refractivity contribution is 5.89. The number of hydrogen-bond acceptors (Lipinski definition) is 6. The molecule has 3 heterocycles. The lowest BCUT2D eigenvalue weighted by molar-refractivity contribution is -0.116. The maximum atomic E-state index is 12.5. The van der Waals surface area contributed by atoms with Crippen LogP contribution in [0.2, 0.25) is 0 Å². The summed E-state index contributed by atoms with van der Waals surface area (Å²) in [5.41, 5.74) is 1.87. The van der Waals surface area contributed by atoms with E-state index in [1.54, 1.807) is 23.9 Å². The van der Waals surface area contributed by atoms with E-state index in [4.69, 9.17) is 4.74 Å². The fourth-order valence-corrected chi connectivity index (χ4v) is 3.37. The lowest BCUT2D eigenvalue weighted by atomic mass is 10.1. The second-order valence-electron chi connectivity index (χ2n) is 7.08. The lowest BCUT2D eigenvalue weighted by Gasteiger charge is -2.27. The highest BCUT2D eigenvalue weighted by Gasteiger charge is 2.17. The topological polar surface area (TPSA) is 105 Å². The van der Waals surface area contributed by atoms with Gasteiger partial charge in [0, 0.05) is 43.0 Å². The van der Waals surface area contributed by atoms with E-state index in [0.29, 0.717) is 55.7 Å². The van der Waals surface area contributed by atoms with Gasteiger partial charge >= 0.3 is 0 Å². The number of rotatable bonds is 6. The number of carbonyl (C=O) groups is 1. The summed E-state index contributed by atoms with van der Waals surface area (Å²) in [6.45, 7) is 4.42. The Bertz CT molecular complexity index is 1070. The molecule has 0 saturated carbocycles. The fraction of sp³-hybridized carbons (Fsp3) is 0.333. The Labute approximate surface area is 173 Å². The first kappa shape index (κ1) is 19.8. The Morgan fingerprint density at radius 3 is 2.70 bits per heavy atom. The summed E-state index contributed by atoms with van der Waals surface area (Å²) < 4.78 is 7.03. The smallest absolute Gasteiger partial charge is 0.255 e. The van der Waals surface area contributed by atoms with Crippen LogP contribution in [0.25, 0.3) is 5.69 Å². The van der Waals surface area contributed by atoms with Crippen molar-refractivity contribution in [3.63, 3.8) is 0 Å². The molecule has 1 aromatic carbocycles. The Kier molecular flexibility index (Phi) is 5.89. The van der Waals surface area contributed by atoms with Gasteiger partial charge in [0.1, 0.15) is 0 Å². The monoisotopic (exact) mass is 408 g/mol. The molecule has 30 heavy (non-hydrogen) atoms. The van der Waals surface area contributed by atoms with Crippen LogP contribution in [-0.2, 0) is 16.0 Å². The van der Waals surface area contributed by atoms with Crippen LogP contribution in [0, 0.1) is 6.92 Å². The van der Waals surface area contributed by atoms with Gasteiger partial charge in [-0.2, -0.15) is 5.10 Å². The molecular formula is C21H24N6O3. The molecule has 3 aromatic rings. The first-order valence-electron chi connectivity index (χ1n) is 9.93. The summed E-state index contributed by atoms with van der Waals surface area (Å²) >= 11 is 0. The summed E-state index contributed by atoms with van der Waals surface area (Å²) in [4.78, 5) is 34.2. The number of hydrogen-bond donors (Lipinski definition) is 2. The summed E-state index contributed by atoms with van der Waals surface area (Å²) in [5.74, 6) is 0.820. The second-order valence-corrected chi connectivity index (χ2v) is 7.08. The molecule has 1 fully saturated rings. The number of benzene rings is 1. The van der Waals surface area contributed by atoms with Gasteiger partial charge in [-0.05, 0) is 25.5 Å². The molecule has 2 aromatic heterocycles. The number of aryl methyl sites for hydroxylation is 1. The predicted octanol–water partition coefficient (Wildman–Crippen LogP) is 1.67. The first-order valence-corrected chi connectivity index (χ1v) is 9.93. The molecule has 0 radical (unpaired) electrons. The molecule has 1 saturated heterocycles. The van der Waals surface area contributed by atoms with Crippen LogP contribution in [0.3, 0.4) is 0 Å². The van der Waals surface area contributed by atoms with Crippen LogP contribution < -0.4 is 15.8 Å². The van der Waals surface area contributed by atoms with Crippen LogP contribution in [-0.4, -0.2) is 52.0 Å². The van der Waals surface area contributed by atoms with Crippen molar-refractivity contribution in [1.29, 1.82) is 0 Å². The van der Waals surface area contributed by atoms with Crippen molar-refractivity contribution in [3.05, 3.63) is 64.2 Å². The molecule has 2 N–H and O–H groups in total. The standard InChI is InChI=1S/C21H24N6O3/c1-15-17(20(29)24-21(22-15)26-11-13-30-14-12-26)7-8-19(28)23-18-9-10-27(25-18)16-5-3-2-4-6-16/h2-6,9-10H,7-8,11-14H2,1H3,(H,22,24,29)(H,23,25,28). The molecule has 1 aliphatic heterocycles. The van der Waals surface area contributed by atoms with E-state index in [0.717, 1.165) is 5.69 Å². The molecule has 1 amide bonds. The minimum atomic E-state index is -0.204. The SMILES string of the molecule is Cc1nc(N2CCOCC2)[nH]c(=O)c1CCC(=O)Nc1ccn(-c2ccccc2)n1. The van der Waals surface area contributed by atoms with Gasteiger partial charge in [-0.1, -0.05) is 18.2 Å². The number of aromatic amines is 1. The van der Waals surface area contributed by atoms with Crippen molar-refractivity contribution >= 4 is 17.7 Å².